The van der Waals surface area contributed by atoms with Gasteiger partial charge in [-0.25, -0.2) is 13.5 Å². The minimum atomic E-state index is -1.29. The molecule has 38 heavy (non-hydrogen) atoms. The lowest BCUT2D eigenvalue weighted by Crippen LogP contribution is -2.43. The second-order valence-electron chi connectivity index (χ2n) is 10.1. The molecule has 7 nitrogen and oxygen atoms in total. The van der Waals surface area contributed by atoms with Gasteiger partial charge >= 0.3 is 0 Å². The summed E-state index contributed by atoms with van der Waals surface area (Å²) in [6.45, 7) is 10.0. The van der Waals surface area contributed by atoms with Crippen LogP contribution >= 0.6 is 0 Å². The molecule has 0 radical (unpaired) electrons. The van der Waals surface area contributed by atoms with Crippen LogP contribution in [0.15, 0.2) is 48.5 Å². The molecule has 1 fully saturated rings. The molecule has 0 saturated carbocycles. The number of anilines is 1. The van der Waals surface area contributed by atoms with Gasteiger partial charge < -0.3 is 15.0 Å². The Morgan fingerprint density at radius 3 is 2.26 bits per heavy atom. The van der Waals surface area contributed by atoms with E-state index >= 15 is 0 Å². The number of nitrogens with one attached hydrogen (secondary N) is 1. The van der Waals surface area contributed by atoms with Crippen LogP contribution in [0.25, 0.3) is 11.4 Å². The normalized spacial score (nSPS) is 14.5. The third kappa shape index (κ3) is 8.62. The zero-order valence-electron chi connectivity index (χ0n) is 23.0. The number of ketones is 1. The fourth-order valence-electron chi connectivity index (χ4n) is 3.98. The number of aryl methyl sites for hydroxylation is 1. The number of aromatic nitrogens is 3. The highest BCUT2D eigenvalue weighted by Crippen LogP contribution is 2.26. The summed E-state index contributed by atoms with van der Waals surface area (Å²) in [5, 5.41) is 8.19. The molecule has 0 bridgehead atoms. The van der Waals surface area contributed by atoms with E-state index in [9.17, 15) is 13.6 Å². The first kappa shape index (κ1) is 29.2. The molecule has 2 aromatic carbocycles. The molecule has 3 aromatic rings. The van der Waals surface area contributed by atoms with Gasteiger partial charge in [0, 0.05) is 25.2 Å². The molecular formula is C29H39F2N5O2. The zero-order valence-corrected chi connectivity index (χ0v) is 23.0. The molecule has 1 aliphatic rings. The summed E-state index contributed by atoms with van der Waals surface area (Å²) in [6, 6.07) is 15.0. The van der Waals surface area contributed by atoms with Crippen LogP contribution in [0.4, 0.5) is 14.7 Å². The summed E-state index contributed by atoms with van der Waals surface area (Å²) < 4.78 is 32.5. The largest absolute Gasteiger partial charge is 0.493 e. The number of alkyl halides is 1. The fraction of sp³-hybridized carbons (Fsp3) is 0.483. The molecule has 0 amide bonds. The van der Waals surface area contributed by atoms with Crippen molar-refractivity contribution >= 4 is 11.7 Å². The van der Waals surface area contributed by atoms with E-state index in [0.29, 0.717) is 31.1 Å². The van der Waals surface area contributed by atoms with Gasteiger partial charge in [-0.05, 0) is 87.7 Å². The zero-order chi connectivity index (χ0) is 27.7. The summed E-state index contributed by atoms with van der Waals surface area (Å²) in [5.41, 5.74) is 2.04. The smallest absolute Gasteiger partial charge is 0.245 e. The van der Waals surface area contributed by atoms with Gasteiger partial charge in [0.05, 0.1) is 6.61 Å². The van der Waals surface area contributed by atoms with Gasteiger partial charge in [-0.3, -0.25) is 4.79 Å². The Morgan fingerprint density at radius 2 is 1.71 bits per heavy atom. The first-order valence-electron chi connectivity index (χ1n) is 13.1. The van der Waals surface area contributed by atoms with Gasteiger partial charge in [-0.2, -0.15) is 4.98 Å². The number of benzene rings is 2. The van der Waals surface area contributed by atoms with Gasteiger partial charge in [-0.1, -0.05) is 26.0 Å². The molecule has 206 valence electrons. The predicted molar refractivity (Wildman–Crippen MR) is 146 cm³/mol. The van der Waals surface area contributed by atoms with Crippen LogP contribution in [0.3, 0.4) is 0 Å². The summed E-state index contributed by atoms with van der Waals surface area (Å²) in [4.78, 5) is 16.9. The molecule has 0 spiro atoms. The van der Waals surface area contributed by atoms with Crippen LogP contribution in [0.5, 0.6) is 5.75 Å². The number of hydrogen-bond acceptors (Lipinski definition) is 6. The number of rotatable bonds is 9. The summed E-state index contributed by atoms with van der Waals surface area (Å²) in [7, 11) is 1.92. The quantitative estimate of drug-likeness (QED) is 0.405. The molecule has 1 aromatic heterocycles. The standard InChI is InChI=1S/C25H32FN5O.C4H7FO/c1-18(2)17-32-23-10-6-20(7-11-23)24-28-25(29-30(24)3)31(22-12-14-27-15-13-22)16-19-4-8-21(26)9-5-19;1-3(5)4(2)6/h4-11,18,22,27H,12-17H2,1-3H3;3H,1-2H3. The van der Waals surface area contributed by atoms with Crippen molar-refractivity contribution in [1.29, 1.82) is 0 Å². The number of Topliss-reactive ketones (excluding diaryl/α,β-unsaturated/α-hetero) is 1. The van der Waals surface area contributed by atoms with E-state index in [2.05, 4.69) is 24.1 Å². The number of halogens is 2. The van der Waals surface area contributed by atoms with Gasteiger partial charge in [0.25, 0.3) is 0 Å². The first-order chi connectivity index (χ1) is 18.1. The number of carbonyl (C=O) groups excluding carboxylic acids is 1. The lowest BCUT2D eigenvalue weighted by atomic mass is 10.0. The van der Waals surface area contributed by atoms with E-state index in [4.69, 9.17) is 14.8 Å². The topological polar surface area (TPSA) is 72.3 Å². The third-order valence-electron chi connectivity index (χ3n) is 6.28. The molecule has 1 atom stereocenters. The Bertz CT molecular complexity index is 1140. The number of hydrogen-bond donors (Lipinski definition) is 1. The monoisotopic (exact) mass is 527 g/mol. The van der Waals surface area contributed by atoms with Crippen LogP contribution in [0.2, 0.25) is 0 Å². The van der Waals surface area contributed by atoms with Gasteiger partial charge in [0.2, 0.25) is 5.95 Å². The maximum atomic E-state index is 13.4. The maximum absolute atomic E-state index is 13.4. The molecule has 1 aliphatic heterocycles. The molecule has 1 saturated heterocycles. The second-order valence-corrected chi connectivity index (χ2v) is 10.1. The van der Waals surface area contributed by atoms with E-state index in [1.807, 2.05) is 48.1 Å². The molecule has 1 unspecified atom stereocenters. The van der Waals surface area contributed by atoms with E-state index in [1.54, 1.807) is 0 Å². The van der Waals surface area contributed by atoms with Crippen LogP contribution in [0.1, 0.15) is 46.1 Å². The Morgan fingerprint density at radius 1 is 1.11 bits per heavy atom. The lowest BCUT2D eigenvalue weighted by Gasteiger charge is -2.34. The van der Waals surface area contributed by atoms with E-state index in [1.165, 1.54) is 26.0 Å². The molecule has 9 heteroatoms. The average Bonchev–Trinajstić information content (AvgIpc) is 3.29. The highest BCUT2D eigenvalue weighted by molar-refractivity contribution is 5.79. The van der Waals surface area contributed by atoms with Crippen molar-refractivity contribution in [2.24, 2.45) is 13.0 Å². The van der Waals surface area contributed by atoms with Gasteiger partial charge in [-0.15, -0.1) is 5.10 Å². The highest BCUT2D eigenvalue weighted by Gasteiger charge is 2.25. The SMILES string of the molecule is CC(=O)C(C)F.CC(C)COc1ccc(-c2nc(N(Cc3ccc(F)cc3)C3CCNCC3)nn2C)cc1. The van der Waals surface area contributed by atoms with E-state index in [-0.39, 0.29) is 5.82 Å². The number of carbonyl (C=O) groups is 1. The van der Waals surface area contributed by atoms with Gasteiger partial charge in [0.1, 0.15) is 11.6 Å². The van der Waals surface area contributed by atoms with Crippen molar-refractivity contribution < 1.29 is 18.3 Å². The van der Waals surface area contributed by atoms with Crippen molar-refractivity contribution in [1.82, 2.24) is 20.1 Å². The first-order valence-corrected chi connectivity index (χ1v) is 13.1. The predicted octanol–water partition coefficient (Wildman–Crippen LogP) is 5.35. The summed E-state index contributed by atoms with van der Waals surface area (Å²) in [5.74, 6) is 2.24. The van der Waals surface area contributed by atoms with Crippen LogP contribution in [0, 0.1) is 11.7 Å². The Kier molecular flexibility index (Phi) is 10.8. The third-order valence-corrected chi connectivity index (χ3v) is 6.28. The summed E-state index contributed by atoms with van der Waals surface area (Å²) >= 11 is 0. The average molecular weight is 528 g/mol. The number of nitrogens with zero attached hydrogens (tertiary/aromatic N) is 4. The number of piperidine rings is 1. The van der Waals surface area contributed by atoms with E-state index < -0.39 is 12.0 Å². The van der Waals surface area contributed by atoms with Crippen molar-refractivity contribution in [2.45, 2.75) is 59.3 Å². The molecule has 2 heterocycles. The van der Waals surface area contributed by atoms with Crippen LogP contribution in [-0.2, 0) is 18.4 Å². The molecular weight excluding hydrogens is 488 g/mol. The Balaban J connectivity index is 0.000000599. The Labute approximate surface area is 224 Å². The minimum absolute atomic E-state index is 0.221. The van der Waals surface area contributed by atoms with Crippen molar-refractivity contribution in [2.75, 3.05) is 24.6 Å². The highest BCUT2D eigenvalue weighted by atomic mass is 19.1. The number of ether oxygens (including phenoxy) is 1. The minimum Gasteiger partial charge on any atom is -0.493 e. The lowest BCUT2D eigenvalue weighted by molar-refractivity contribution is -0.121. The Hall–Kier alpha value is -3.33. The van der Waals surface area contributed by atoms with Crippen LogP contribution < -0.4 is 15.0 Å². The van der Waals surface area contributed by atoms with Gasteiger partial charge in [0.15, 0.2) is 17.8 Å². The summed E-state index contributed by atoms with van der Waals surface area (Å²) in [6.07, 6.45) is 0.762. The van der Waals surface area contributed by atoms with Crippen molar-refractivity contribution in [3.8, 4) is 17.1 Å². The second kappa shape index (κ2) is 14.0. The molecule has 0 aliphatic carbocycles. The molecule has 1 N–H and O–H groups in total. The maximum Gasteiger partial charge on any atom is 0.245 e. The van der Waals surface area contributed by atoms with Crippen molar-refractivity contribution in [3.63, 3.8) is 0 Å². The fourth-order valence-corrected chi connectivity index (χ4v) is 3.98. The van der Waals surface area contributed by atoms with Crippen LogP contribution in [-0.4, -0.2) is 52.5 Å². The van der Waals surface area contributed by atoms with E-state index in [0.717, 1.165) is 48.6 Å². The van der Waals surface area contributed by atoms with Crippen molar-refractivity contribution in [3.05, 3.63) is 59.9 Å². The molecule has 4 rings (SSSR count).